The number of phenolic OH excluding ortho intramolecular Hbond substituents is 2. The number of nitrogens with one attached hydrogen (secondary N) is 2. The summed E-state index contributed by atoms with van der Waals surface area (Å²) in [4.78, 5) is 17.7. The zero-order valence-corrected chi connectivity index (χ0v) is 21.8. The molecule has 198 valence electrons. The van der Waals surface area contributed by atoms with Crippen molar-refractivity contribution in [1.82, 2.24) is 25.0 Å². The fourth-order valence-electron chi connectivity index (χ4n) is 5.53. The quantitative estimate of drug-likeness (QED) is 0.389. The summed E-state index contributed by atoms with van der Waals surface area (Å²) < 4.78 is 1.46. The van der Waals surface area contributed by atoms with E-state index < -0.39 is 0 Å². The minimum Gasteiger partial charge on any atom is -0.508 e. The number of benzene rings is 2. The molecule has 0 unspecified atom stereocenters. The lowest BCUT2D eigenvalue weighted by atomic mass is 9.94. The van der Waals surface area contributed by atoms with Gasteiger partial charge in [-0.05, 0) is 86.6 Å². The number of hydrogen-bond acceptors (Lipinski definition) is 7. The van der Waals surface area contributed by atoms with Crippen LogP contribution in [0.1, 0.15) is 44.6 Å². The summed E-state index contributed by atoms with van der Waals surface area (Å²) in [6, 6.07) is 10.9. The number of aromatic hydroxyl groups is 2. The smallest absolute Gasteiger partial charge is 0.348 e. The molecule has 2 saturated heterocycles. The van der Waals surface area contributed by atoms with Gasteiger partial charge in [0.25, 0.3) is 0 Å². The van der Waals surface area contributed by atoms with Gasteiger partial charge in [-0.3, -0.25) is 4.90 Å². The molecule has 0 atom stereocenters. The molecule has 2 aromatic carbocycles. The minimum atomic E-state index is -0.385. The van der Waals surface area contributed by atoms with E-state index in [1.165, 1.54) is 36.4 Å². The van der Waals surface area contributed by atoms with Crippen molar-refractivity contribution in [2.75, 3.05) is 50.7 Å². The maximum Gasteiger partial charge on any atom is 0.348 e. The Balaban J connectivity index is 1.28. The zero-order chi connectivity index (χ0) is 25.9. The van der Waals surface area contributed by atoms with Crippen molar-refractivity contribution < 1.29 is 10.2 Å². The number of anilines is 1. The zero-order valence-electron chi connectivity index (χ0n) is 21.8. The van der Waals surface area contributed by atoms with Gasteiger partial charge < -0.3 is 20.4 Å². The fourth-order valence-corrected chi connectivity index (χ4v) is 5.53. The first kappa shape index (κ1) is 25.4. The number of H-pyrrole nitrogens is 1. The van der Waals surface area contributed by atoms with Crippen LogP contribution in [0, 0.1) is 5.92 Å². The number of phenols is 2. The van der Waals surface area contributed by atoms with E-state index in [4.69, 9.17) is 0 Å². The monoisotopic (exact) mass is 506 g/mol. The highest BCUT2D eigenvalue weighted by Crippen LogP contribution is 2.37. The number of hydrogen-bond donors (Lipinski definition) is 4. The molecule has 2 aliphatic heterocycles. The number of aromatic nitrogens is 3. The average Bonchev–Trinajstić information content (AvgIpc) is 3.29. The van der Waals surface area contributed by atoms with Crippen molar-refractivity contribution in [3.8, 4) is 28.6 Å². The maximum atomic E-state index is 12.7. The molecule has 4 N–H and O–H groups in total. The predicted molar refractivity (Wildman–Crippen MR) is 146 cm³/mol. The largest absolute Gasteiger partial charge is 0.508 e. The van der Waals surface area contributed by atoms with Crippen LogP contribution >= 0.6 is 0 Å². The van der Waals surface area contributed by atoms with Gasteiger partial charge in [0.05, 0.1) is 11.3 Å². The Morgan fingerprint density at radius 1 is 0.973 bits per heavy atom. The number of piperazine rings is 1. The Hall–Kier alpha value is -3.30. The second kappa shape index (κ2) is 11.0. The second-order valence-corrected chi connectivity index (χ2v) is 10.6. The van der Waals surface area contributed by atoms with E-state index in [0.29, 0.717) is 22.6 Å². The van der Waals surface area contributed by atoms with Gasteiger partial charge in [0.2, 0.25) is 0 Å². The molecule has 2 fully saturated rings. The lowest BCUT2D eigenvalue weighted by molar-refractivity contribution is 0.224. The van der Waals surface area contributed by atoms with Crippen LogP contribution in [0.2, 0.25) is 0 Å². The summed E-state index contributed by atoms with van der Waals surface area (Å²) in [5.41, 5.74) is 2.49. The lowest BCUT2D eigenvalue weighted by Gasteiger charge is -2.37. The van der Waals surface area contributed by atoms with Crippen LogP contribution in [0.3, 0.4) is 0 Å². The molecule has 37 heavy (non-hydrogen) atoms. The standard InChI is InChI=1S/C28H38N6O3/c1-19(2)23-17-24(26(36)18-25(23)35)27-30-31-28(37)34(27)22-5-3-21(4-6-22)33-15-13-32(14-16-33)12-9-20-7-10-29-11-8-20/h3-6,17-20,29,35-36H,7-16H2,1-2H3,(H,31,37). The van der Waals surface area contributed by atoms with E-state index in [9.17, 15) is 15.0 Å². The van der Waals surface area contributed by atoms with Crippen molar-refractivity contribution in [3.05, 3.63) is 52.4 Å². The van der Waals surface area contributed by atoms with E-state index in [-0.39, 0.29) is 23.1 Å². The average molecular weight is 507 g/mol. The molecule has 0 aliphatic carbocycles. The Morgan fingerprint density at radius 3 is 2.32 bits per heavy atom. The Kier molecular flexibility index (Phi) is 7.53. The minimum absolute atomic E-state index is 0.0245. The van der Waals surface area contributed by atoms with Gasteiger partial charge in [-0.1, -0.05) is 13.8 Å². The molecule has 3 aromatic rings. The van der Waals surface area contributed by atoms with Crippen molar-refractivity contribution in [2.45, 2.75) is 39.0 Å². The number of piperidine rings is 1. The number of rotatable bonds is 7. The van der Waals surface area contributed by atoms with E-state index in [2.05, 4.69) is 25.3 Å². The van der Waals surface area contributed by atoms with Crippen LogP contribution in [0.15, 0.2) is 41.2 Å². The molecule has 0 bridgehead atoms. The summed E-state index contributed by atoms with van der Waals surface area (Å²) in [6.45, 7) is 11.5. The fraction of sp³-hybridized carbons (Fsp3) is 0.500. The summed E-state index contributed by atoms with van der Waals surface area (Å²) >= 11 is 0. The van der Waals surface area contributed by atoms with Gasteiger partial charge >= 0.3 is 5.69 Å². The van der Waals surface area contributed by atoms with E-state index in [1.807, 2.05) is 38.1 Å². The molecule has 2 aliphatic rings. The molecule has 5 rings (SSSR count). The molecule has 0 spiro atoms. The SMILES string of the molecule is CC(C)c1cc(-c2n[nH]c(=O)n2-c2ccc(N3CCN(CCC4CCNCC4)CC3)cc2)c(O)cc1O. The molecule has 0 radical (unpaired) electrons. The van der Waals surface area contributed by atoms with E-state index in [1.54, 1.807) is 6.07 Å². The van der Waals surface area contributed by atoms with Crippen LogP contribution < -0.4 is 15.9 Å². The van der Waals surface area contributed by atoms with Gasteiger partial charge in [-0.25, -0.2) is 14.5 Å². The molecule has 9 heteroatoms. The van der Waals surface area contributed by atoms with Crippen LogP contribution in [0.5, 0.6) is 11.5 Å². The summed E-state index contributed by atoms with van der Waals surface area (Å²) in [5, 5.41) is 30.9. The van der Waals surface area contributed by atoms with Crippen molar-refractivity contribution in [1.29, 1.82) is 0 Å². The van der Waals surface area contributed by atoms with Gasteiger partial charge in [-0.15, -0.1) is 0 Å². The third-order valence-electron chi connectivity index (χ3n) is 7.84. The predicted octanol–water partition coefficient (Wildman–Crippen LogP) is 3.27. The normalized spacial score (nSPS) is 17.5. The van der Waals surface area contributed by atoms with Crippen molar-refractivity contribution >= 4 is 5.69 Å². The first-order valence-electron chi connectivity index (χ1n) is 13.4. The molecular formula is C28H38N6O3. The highest BCUT2D eigenvalue weighted by atomic mass is 16.3. The van der Waals surface area contributed by atoms with E-state index in [0.717, 1.165) is 50.9 Å². The summed E-state index contributed by atoms with van der Waals surface area (Å²) in [7, 11) is 0. The highest BCUT2D eigenvalue weighted by Gasteiger charge is 2.22. The third kappa shape index (κ3) is 5.52. The Labute approximate surface area is 217 Å². The highest BCUT2D eigenvalue weighted by molar-refractivity contribution is 5.69. The van der Waals surface area contributed by atoms with Crippen molar-refractivity contribution in [2.24, 2.45) is 5.92 Å². The molecule has 0 amide bonds. The first-order chi connectivity index (χ1) is 17.9. The molecule has 3 heterocycles. The first-order valence-corrected chi connectivity index (χ1v) is 13.4. The molecule has 1 aromatic heterocycles. The number of aromatic amines is 1. The van der Waals surface area contributed by atoms with Crippen LogP contribution in [-0.2, 0) is 0 Å². The van der Waals surface area contributed by atoms with Gasteiger partial charge in [-0.2, -0.15) is 5.10 Å². The van der Waals surface area contributed by atoms with E-state index >= 15 is 0 Å². The molecule has 9 nitrogen and oxygen atoms in total. The van der Waals surface area contributed by atoms with Gasteiger partial charge in [0.1, 0.15) is 11.5 Å². The third-order valence-corrected chi connectivity index (χ3v) is 7.84. The van der Waals surface area contributed by atoms with Crippen molar-refractivity contribution in [3.63, 3.8) is 0 Å². The summed E-state index contributed by atoms with van der Waals surface area (Å²) in [6.07, 6.45) is 3.91. The topological polar surface area (TPSA) is 110 Å². The van der Waals surface area contributed by atoms with Gasteiger partial charge in [0.15, 0.2) is 5.82 Å². The summed E-state index contributed by atoms with van der Waals surface area (Å²) in [5.74, 6) is 1.11. The Morgan fingerprint density at radius 2 is 1.65 bits per heavy atom. The second-order valence-electron chi connectivity index (χ2n) is 10.6. The van der Waals surface area contributed by atoms with Crippen LogP contribution in [0.4, 0.5) is 5.69 Å². The lowest BCUT2D eigenvalue weighted by Crippen LogP contribution is -2.47. The van der Waals surface area contributed by atoms with Crippen LogP contribution in [-0.4, -0.2) is 75.7 Å². The maximum absolute atomic E-state index is 12.7. The molecular weight excluding hydrogens is 468 g/mol. The van der Waals surface area contributed by atoms with Crippen LogP contribution in [0.25, 0.3) is 17.1 Å². The number of nitrogens with zero attached hydrogens (tertiary/aromatic N) is 4. The Bertz CT molecular complexity index is 1250. The molecule has 0 saturated carbocycles. The van der Waals surface area contributed by atoms with Gasteiger partial charge in [0, 0.05) is 37.9 Å².